The van der Waals surface area contributed by atoms with E-state index in [-0.39, 0.29) is 17.4 Å². The van der Waals surface area contributed by atoms with Crippen LogP contribution in [0.25, 0.3) is 10.7 Å². The van der Waals surface area contributed by atoms with Gasteiger partial charge < -0.3 is 19.4 Å². The molecule has 3 heterocycles. The first-order chi connectivity index (χ1) is 15.0. The summed E-state index contributed by atoms with van der Waals surface area (Å²) in [6.45, 7) is 2.92. The minimum Gasteiger partial charge on any atom is -0.497 e. The third-order valence-electron chi connectivity index (χ3n) is 5.31. The Kier molecular flexibility index (Phi) is 6.31. The zero-order chi connectivity index (χ0) is 21.8. The smallest absolute Gasteiger partial charge is 0.263 e. The molecule has 0 bridgehead atoms. The highest BCUT2D eigenvalue weighted by atomic mass is 32.1. The lowest BCUT2D eigenvalue weighted by Crippen LogP contribution is -2.44. The molecule has 1 aliphatic heterocycles. The van der Waals surface area contributed by atoms with Gasteiger partial charge in [0.2, 0.25) is 0 Å². The van der Waals surface area contributed by atoms with Gasteiger partial charge in [-0.25, -0.2) is 9.97 Å². The Morgan fingerprint density at radius 2 is 2.03 bits per heavy atom. The number of amides is 1. The van der Waals surface area contributed by atoms with Gasteiger partial charge in [0.15, 0.2) is 6.10 Å². The van der Waals surface area contributed by atoms with Crippen molar-refractivity contribution in [1.82, 2.24) is 19.9 Å². The number of hydrogen-bond donors (Lipinski definition) is 1. The molecule has 1 amide bonds. The quantitative estimate of drug-likeness (QED) is 0.633. The Bertz CT molecular complexity index is 1090. The number of rotatable bonds is 6. The molecule has 8 nitrogen and oxygen atoms in total. The lowest BCUT2D eigenvalue weighted by Gasteiger charge is -2.33. The number of likely N-dealkylation sites (tertiary alicyclic amines) is 1. The molecule has 1 aliphatic rings. The summed E-state index contributed by atoms with van der Waals surface area (Å²) in [4.78, 5) is 38.5. The number of benzene rings is 1. The third-order valence-corrected chi connectivity index (χ3v) is 6.10. The van der Waals surface area contributed by atoms with E-state index in [9.17, 15) is 9.59 Å². The van der Waals surface area contributed by atoms with Gasteiger partial charge in [-0.05, 0) is 31.9 Å². The first-order valence-electron chi connectivity index (χ1n) is 10.1. The van der Waals surface area contributed by atoms with Gasteiger partial charge in [-0.2, -0.15) is 0 Å². The Balaban J connectivity index is 1.38. The van der Waals surface area contributed by atoms with Crippen molar-refractivity contribution in [3.05, 3.63) is 58.1 Å². The van der Waals surface area contributed by atoms with E-state index in [1.54, 1.807) is 32.4 Å². The van der Waals surface area contributed by atoms with Gasteiger partial charge in [-0.15, -0.1) is 11.3 Å². The van der Waals surface area contributed by atoms with Crippen molar-refractivity contribution in [1.29, 1.82) is 0 Å². The van der Waals surface area contributed by atoms with Crippen molar-refractivity contribution >= 4 is 17.2 Å². The van der Waals surface area contributed by atoms with E-state index in [1.165, 1.54) is 17.4 Å². The molecule has 0 aliphatic carbocycles. The topological polar surface area (TPSA) is 97.4 Å². The lowest BCUT2D eigenvalue weighted by molar-refractivity contribution is -0.139. The Morgan fingerprint density at radius 1 is 1.26 bits per heavy atom. The molecule has 2 aromatic heterocycles. The van der Waals surface area contributed by atoms with Crippen LogP contribution in [0, 0.1) is 0 Å². The molecule has 1 unspecified atom stereocenters. The van der Waals surface area contributed by atoms with Crippen LogP contribution in [0.2, 0.25) is 0 Å². The molecule has 1 saturated heterocycles. The summed E-state index contributed by atoms with van der Waals surface area (Å²) in [6.07, 6.45) is 2.54. The molecule has 0 radical (unpaired) electrons. The van der Waals surface area contributed by atoms with Crippen molar-refractivity contribution in [2.24, 2.45) is 0 Å². The molecule has 1 N–H and O–H groups in total. The molecule has 1 fully saturated rings. The maximum Gasteiger partial charge on any atom is 0.263 e. The first-order valence-corrected chi connectivity index (χ1v) is 11.0. The molecule has 1 aromatic carbocycles. The van der Waals surface area contributed by atoms with E-state index < -0.39 is 6.10 Å². The fourth-order valence-corrected chi connectivity index (χ4v) is 4.29. The van der Waals surface area contributed by atoms with Crippen LogP contribution in [-0.4, -0.2) is 52.1 Å². The largest absolute Gasteiger partial charge is 0.497 e. The number of ether oxygens (including phenoxy) is 2. The second-order valence-corrected chi connectivity index (χ2v) is 8.29. The Labute approximate surface area is 183 Å². The van der Waals surface area contributed by atoms with Gasteiger partial charge in [0, 0.05) is 42.7 Å². The number of thiazole rings is 1. The first kappa shape index (κ1) is 21.0. The number of hydrogen-bond acceptors (Lipinski definition) is 7. The molecular weight excluding hydrogens is 416 g/mol. The average molecular weight is 441 g/mol. The Morgan fingerprint density at radius 3 is 2.74 bits per heavy atom. The van der Waals surface area contributed by atoms with Crippen LogP contribution in [0.4, 0.5) is 0 Å². The lowest BCUT2D eigenvalue weighted by atomic mass is 9.95. The number of nitrogens with zero attached hydrogens (tertiary/aromatic N) is 3. The summed E-state index contributed by atoms with van der Waals surface area (Å²) in [7, 11) is 1.59. The van der Waals surface area contributed by atoms with Crippen LogP contribution >= 0.6 is 11.3 Å². The van der Waals surface area contributed by atoms with Crippen molar-refractivity contribution in [2.45, 2.75) is 31.8 Å². The molecular formula is C22H24N4O4S. The van der Waals surface area contributed by atoms with E-state index in [0.717, 1.165) is 17.8 Å². The molecule has 162 valence electrons. The van der Waals surface area contributed by atoms with Gasteiger partial charge in [0.1, 0.15) is 28.0 Å². The summed E-state index contributed by atoms with van der Waals surface area (Å²) in [6, 6.07) is 8.68. The van der Waals surface area contributed by atoms with Crippen molar-refractivity contribution in [3.63, 3.8) is 0 Å². The van der Waals surface area contributed by atoms with Crippen molar-refractivity contribution < 1.29 is 14.3 Å². The Hall–Kier alpha value is -3.20. The summed E-state index contributed by atoms with van der Waals surface area (Å²) >= 11 is 1.45. The fourth-order valence-electron chi connectivity index (χ4n) is 3.69. The SMILES string of the molecule is COc1cccc(OC(C)C(=O)N2CCC(c3nc(-c4nccs4)cc(=O)[nH]3)CC2)c1. The van der Waals surface area contributed by atoms with Gasteiger partial charge in [-0.3, -0.25) is 9.59 Å². The number of nitrogens with one attached hydrogen (secondary N) is 1. The predicted molar refractivity (Wildman–Crippen MR) is 118 cm³/mol. The monoisotopic (exact) mass is 440 g/mol. The standard InChI is InChI=1S/C22H24N4O4S/c1-14(30-17-5-3-4-16(12-17)29-2)22(28)26-9-6-15(7-10-26)20-24-18(13-19(27)25-20)21-23-8-11-31-21/h3-5,8,11-15H,6-7,9-10H2,1-2H3,(H,24,25,27). The number of methoxy groups -OCH3 is 1. The van der Waals surface area contributed by atoms with Crippen molar-refractivity contribution in [2.75, 3.05) is 20.2 Å². The number of carbonyl (C=O) groups is 1. The summed E-state index contributed by atoms with van der Waals surface area (Å²) in [5.41, 5.74) is 0.404. The van der Waals surface area contributed by atoms with E-state index in [1.807, 2.05) is 22.4 Å². The van der Waals surface area contributed by atoms with Gasteiger partial charge in [0.25, 0.3) is 11.5 Å². The second kappa shape index (κ2) is 9.30. The van der Waals surface area contributed by atoms with Crippen LogP contribution in [0.5, 0.6) is 11.5 Å². The maximum atomic E-state index is 12.9. The average Bonchev–Trinajstić information content (AvgIpc) is 3.33. The molecule has 0 saturated carbocycles. The third kappa shape index (κ3) is 4.93. The molecule has 4 rings (SSSR count). The highest BCUT2D eigenvalue weighted by Gasteiger charge is 2.29. The number of piperidine rings is 1. The van der Waals surface area contributed by atoms with E-state index in [2.05, 4.69) is 15.0 Å². The highest BCUT2D eigenvalue weighted by molar-refractivity contribution is 7.13. The van der Waals surface area contributed by atoms with Crippen LogP contribution in [0.15, 0.2) is 46.7 Å². The van der Waals surface area contributed by atoms with Crippen molar-refractivity contribution in [3.8, 4) is 22.2 Å². The summed E-state index contributed by atoms with van der Waals surface area (Å²) < 4.78 is 11.0. The highest BCUT2D eigenvalue weighted by Crippen LogP contribution is 2.28. The second-order valence-electron chi connectivity index (χ2n) is 7.39. The normalized spacial score (nSPS) is 15.5. The minimum absolute atomic E-state index is 0.0562. The van der Waals surface area contributed by atoms with Crippen LogP contribution in [-0.2, 0) is 4.79 Å². The summed E-state index contributed by atoms with van der Waals surface area (Å²) in [5, 5.41) is 2.58. The van der Waals surface area contributed by atoms with Crippen LogP contribution < -0.4 is 15.0 Å². The number of carbonyl (C=O) groups excluding carboxylic acids is 1. The number of H-pyrrole nitrogens is 1. The molecule has 9 heteroatoms. The number of aromatic nitrogens is 3. The molecule has 1 atom stereocenters. The molecule has 3 aromatic rings. The molecule has 31 heavy (non-hydrogen) atoms. The number of aromatic amines is 1. The predicted octanol–water partition coefficient (Wildman–Crippen LogP) is 3.08. The van der Waals surface area contributed by atoms with Gasteiger partial charge in [-0.1, -0.05) is 6.07 Å². The van der Waals surface area contributed by atoms with Gasteiger partial charge in [0.05, 0.1) is 7.11 Å². The van der Waals surface area contributed by atoms with Crippen LogP contribution in [0.3, 0.4) is 0 Å². The van der Waals surface area contributed by atoms with Gasteiger partial charge >= 0.3 is 0 Å². The maximum absolute atomic E-state index is 12.9. The van der Waals surface area contributed by atoms with E-state index in [0.29, 0.717) is 36.1 Å². The molecule has 0 spiro atoms. The summed E-state index contributed by atoms with van der Waals surface area (Å²) in [5.74, 6) is 1.96. The fraction of sp³-hybridized carbons (Fsp3) is 0.364. The van der Waals surface area contributed by atoms with E-state index in [4.69, 9.17) is 9.47 Å². The zero-order valence-corrected chi connectivity index (χ0v) is 18.2. The minimum atomic E-state index is -0.602. The zero-order valence-electron chi connectivity index (χ0n) is 17.4. The van der Waals surface area contributed by atoms with E-state index >= 15 is 0 Å². The van der Waals surface area contributed by atoms with Crippen LogP contribution in [0.1, 0.15) is 31.5 Å².